The van der Waals surface area contributed by atoms with Crippen LogP contribution in [0.4, 0.5) is 0 Å². The first-order valence-electron chi connectivity index (χ1n) is 9.18. The molecular weight excluding hydrogens is 374 g/mol. The van der Waals surface area contributed by atoms with Gasteiger partial charge in [0.05, 0.1) is 22.8 Å². The molecule has 4 aromatic rings. The highest BCUT2D eigenvalue weighted by Crippen LogP contribution is 2.37. The average Bonchev–Trinajstić information content (AvgIpc) is 3.37. The summed E-state index contributed by atoms with van der Waals surface area (Å²) in [4.78, 5) is 15.2. The number of fused-ring (bicyclic) bond motifs is 2. The van der Waals surface area contributed by atoms with Crippen LogP contribution in [0.15, 0.2) is 55.0 Å². The van der Waals surface area contributed by atoms with Crippen LogP contribution in [0.1, 0.15) is 34.6 Å². The van der Waals surface area contributed by atoms with Crippen molar-refractivity contribution in [2.45, 2.75) is 19.4 Å². The van der Waals surface area contributed by atoms with Crippen molar-refractivity contribution >= 4 is 23.0 Å². The molecule has 3 aromatic heterocycles. The maximum Gasteiger partial charge on any atom is 0.274 e. The summed E-state index contributed by atoms with van der Waals surface area (Å²) in [5.74, 6) is -0.0695. The van der Waals surface area contributed by atoms with Crippen molar-refractivity contribution in [2.75, 3.05) is 6.54 Å². The first kappa shape index (κ1) is 17.0. The van der Waals surface area contributed by atoms with Gasteiger partial charge in [-0.3, -0.25) is 9.89 Å². The molecular formula is C21H18ClN5O. The van der Waals surface area contributed by atoms with Crippen LogP contribution in [0.2, 0.25) is 5.02 Å². The Morgan fingerprint density at radius 1 is 1.29 bits per heavy atom. The van der Waals surface area contributed by atoms with Crippen molar-refractivity contribution in [1.29, 1.82) is 0 Å². The first-order valence-corrected chi connectivity index (χ1v) is 9.56. The van der Waals surface area contributed by atoms with Gasteiger partial charge >= 0.3 is 0 Å². The molecule has 1 aliphatic heterocycles. The maximum atomic E-state index is 13.3. The van der Waals surface area contributed by atoms with Gasteiger partial charge in [0.1, 0.15) is 0 Å². The summed E-state index contributed by atoms with van der Waals surface area (Å²) in [6.07, 6.45) is 6.22. The highest BCUT2D eigenvalue weighted by Gasteiger charge is 2.31. The summed E-state index contributed by atoms with van der Waals surface area (Å²) in [6, 6.07) is 11.7. The number of aromatic amines is 1. The Labute approximate surface area is 166 Å². The van der Waals surface area contributed by atoms with E-state index in [-0.39, 0.29) is 11.9 Å². The second-order valence-electron chi connectivity index (χ2n) is 7.04. The van der Waals surface area contributed by atoms with Crippen molar-refractivity contribution in [3.63, 3.8) is 0 Å². The number of amides is 1. The Bertz CT molecular complexity index is 1180. The number of H-pyrrole nitrogens is 1. The molecule has 1 N–H and O–H groups in total. The summed E-state index contributed by atoms with van der Waals surface area (Å²) < 4.78 is 1.65. The second kappa shape index (κ2) is 6.49. The van der Waals surface area contributed by atoms with Gasteiger partial charge in [0.25, 0.3) is 5.91 Å². The van der Waals surface area contributed by atoms with Crippen LogP contribution in [-0.4, -0.2) is 37.2 Å². The Hall–Kier alpha value is -3.12. The number of rotatable bonds is 2. The SMILES string of the molecule is CC1c2c(cccc2-c2cn[nH]c2)CCN1C(=O)c1cc2ccc(Cl)cn2n1. The molecule has 1 atom stereocenters. The molecule has 140 valence electrons. The fourth-order valence-corrected chi connectivity index (χ4v) is 4.21. The number of carbonyl (C=O) groups is 1. The van der Waals surface area contributed by atoms with Gasteiger partial charge in [0, 0.05) is 24.5 Å². The van der Waals surface area contributed by atoms with E-state index in [9.17, 15) is 4.79 Å². The first-order chi connectivity index (χ1) is 13.6. The molecule has 0 saturated carbocycles. The van der Waals surface area contributed by atoms with Gasteiger partial charge in [-0.05, 0) is 48.2 Å². The maximum absolute atomic E-state index is 13.3. The molecule has 1 unspecified atom stereocenters. The van der Waals surface area contributed by atoms with E-state index in [0.29, 0.717) is 17.3 Å². The zero-order valence-electron chi connectivity index (χ0n) is 15.3. The smallest absolute Gasteiger partial charge is 0.274 e. The molecule has 0 spiro atoms. The number of halogens is 1. The molecule has 0 saturated heterocycles. The molecule has 1 aliphatic rings. The summed E-state index contributed by atoms with van der Waals surface area (Å²) in [5.41, 5.74) is 5.86. The number of benzene rings is 1. The minimum Gasteiger partial charge on any atom is -0.330 e. The van der Waals surface area contributed by atoms with E-state index in [4.69, 9.17) is 11.6 Å². The van der Waals surface area contributed by atoms with Gasteiger partial charge in [0.2, 0.25) is 0 Å². The van der Waals surface area contributed by atoms with Gasteiger partial charge < -0.3 is 4.90 Å². The van der Waals surface area contributed by atoms with E-state index in [1.807, 2.05) is 29.4 Å². The monoisotopic (exact) mass is 391 g/mol. The number of carbonyl (C=O) groups excluding carboxylic acids is 1. The lowest BCUT2D eigenvalue weighted by Gasteiger charge is -2.36. The van der Waals surface area contributed by atoms with E-state index in [0.717, 1.165) is 23.1 Å². The zero-order chi connectivity index (χ0) is 19.3. The lowest BCUT2D eigenvalue weighted by Crippen LogP contribution is -2.39. The summed E-state index contributed by atoms with van der Waals surface area (Å²) in [6.45, 7) is 2.74. The van der Waals surface area contributed by atoms with E-state index >= 15 is 0 Å². The molecule has 7 heteroatoms. The minimum absolute atomic E-state index is 0.0595. The molecule has 28 heavy (non-hydrogen) atoms. The lowest BCUT2D eigenvalue weighted by molar-refractivity contribution is 0.0672. The standard InChI is InChI=1S/C21H18ClN5O/c1-13-20-14(3-2-4-18(20)15-10-23-24-11-15)7-8-26(13)21(28)19-9-17-6-5-16(22)12-27(17)25-19/h2-6,9-13H,7-8H2,1H3,(H,23,24). The average molecular weight is 392 g/mol. The van der Waals surface area contributed by atoms with Gasteiger partial charge in [0.15, 0.2) is 5.69 Å². The Morgan fingerprint density at radius 2 is 2.18 bits per heavy atom. The summed E-state index contributed by atoms with van der Waals surface area (Å²) in [5, 5.41) is 12.0. The molecule has 1 aromatic carbocycles. The van der Waals surface area contributed by atoms with Crippen LogP contribution in [0.5, 0.6) is 0 Å². The molecule has 0 fully saturated rings. The van der Waals surface area contributed by atoms with E-state index in [1.165, 1.54) is 11.1 Å². The van der Waals surface area contributed by atoms with Crippen LogP contribution in [-0.2, 0) is 6.42 Å². The van der Waals surface area contributed by atoms with Crippen LogP contribution in [0.25, 0.3) is 16.6 Å². The molecule has 4 heterocycles. The van der Waals surface area contributed by atoms with Gasteiger partial charge in [-0.25, -0.2) is 4.52 Å². The number of hydrogen-bond donors (Lipinski definition) is 1. The predicted molar refractivity (Wildman–Crippen MR) is 107 cm³/mol. The van der Waals surface area contributed by atoms with Gasteiger partial charge in [-0.1, -0.05) is 29.8 Å². The molecule has 6 nitrogen and oxygen atoms in total. The van der Waals surface area contributed by atoms with Crippen molar-refractivity contribution in [3.8, 4) is 11.1 Å². The van der Waals surface area contributed by atoms with Crippen molar-refractivity contribution in [1.82, 2.24) is 24.7 Å². The Kier molecular flexibility index (Phi) is 3.94. The number of nitrogens with zero attached hydrogens (tertiary/aromatic N) is 4. The fourth-order valence-electron chi connectivity index (χ4n) is 4.06. The quantitative estimate of drug-likeness (QED) is 0.558. The third-order valence-corrected chi connectivity index (χ3v) is 5.64. The second-order valence-corrected chi connectivity index (χ2v) is 7.47. The third-order valence-electron chi connectivity index (χ3n) is 5.42. The molecule has 0 bridgehead atoms. The molecule has 1 amide bonds. The molecule has 0 radical (unpaired) electrons. The van der Waals surface area contributed by atoms with Crippen LogP contribution >= 0.6 is 11.6 Å². The van der Waals surface area contributed by atoms with Crippen LogP contribution in [0.3, 0.4) is 0 Å². The minimum atomic E-state index is -0.0695. The number of nitrogens with one attached hydrogen (secondary N) is 1. The summed E-state index contributed by atoms with van der Waals surface area (Å²) in [7, 11) is 0. The van der Waals surface area contributed by atoms with Crippen LogP contribution in [0, 0.1) is 0 Å². The largest absolute Gasteiger partial charge is 0.330 e. The van der Waals surface area contributed by atoms with Crippen molar-refractivity contribution < 1.29 is 4.79 Å². The highest BCUT2D eigenvalue weighted by atomic mass is 35.5. The van der Waals surface area contributed by atoms with E-state index < -0.39 is 0 Å². The van der Waals surface area contributed by atoms with Crippen molar-refractivity contribution in [3.05, 3.63) is 76.8 Å². The van der Waals surface area contributed by atoms with Crippen LogP contribution < -0.4 is 0 Å². The van der Waals surface area contributed by atoms with E-state index in [1.54, 1.807) is 16.8 Å². The normalized spacial score (nSPS) is 16.4. The topological polar surface area (TPSA) is 66.3 Å². The third kappa shape index (κ3) is 2.68. The number of pyridine rings is 1. The molecule has 0 aliphatic carbocycles. The van der Waals surface area contributed by atoms with E-state index in [2.05, 4.69) is 40.4 Å². The predicted octanol–water partition coefficient (Wildman–Crippen LogP) is 4.14. The fraction of sp³-hybridized carbons (Fsp3) is 0.190. The number of hydrogen-bond acceptors (Lipinski definition) is 3. The zero-order valence-corrected chi connectivity index (χ0v) is 16.0. The van der Waals surface area contributed by atoms with Gasteiger partial charge in [-0.2, -0.15) is 10.2 Å². The Morgan fingerprint density at radius 3 is 3.00 bits per heavy atom. The lowest BCUT2D eigenvalue weighted by atomic mass is 9.87. The highest BCUT2D eigenvalue weighted by molar-refractivity contribution is 6.30. The number of aromatic nitrogens is 4. The summed E-state index contributed by atoms with van der Waals surface area (Å²) >= 11 is 6.04. The van der Waals surface area contributed by atoms with Gasteiger partial charge in [-0.15, -0.1) is 0 Å². The van der Waals surface area contributed by atoms with Crippen molar-refractivity contribution in [2.24, 2.45) is 0 Å². The Balaban J connectivity index is 1.53. The molecule has 5 rings (SSSR count).